The topological polar surface area (TPSA) is 66.8 Å². The van der Waals surface area contributed by atoms with Crippen LogP contribution in [0.1, 0.15) is 47.5 Å². The zero-order chi connectivity index (χ0) is 14.1. The molecule has 1 heterocycles. The number of hydrogen-bond acceptors (Lipinski definition) is 3. The van der Waals surface area contributed by atoms with Gasteiger partial charge in [0.1, 0.15) is 11.6 Å². The summed E-state index contributed by atoms with van der Waals surface area (Å²) in [6.07, 6.45) is 0.730. The van der Waals surface area contributed by atoms with Gasteiger partial charge in [0.05, 0.1) is 0 Å². The van der Waals surface area contributed by atoms with Crippen LogP contribution in [0.3, 0.4) is 0 Å². The lowest BCUT2D eigenvalue weighted by molar-refractivity contribution is -0.145. The summed E-state index contributed by atoms with van der Waals surface area (Å²) in [5, 5.41) is 9.18. The van der Waals surface area contributed by atoms with Crippen LogP contribution in [-0.2, 0) is 9.53 Å². The Morgan fingerprint density at radius 3 is 2.33 bits per heavy atom. The van der Waals surface area contributed by atoms with E-state index in [0.717, 1.165) is 6.42 Å². The van der Waals surface area contributed by atoms with Gasteiger partial charge in [-0.05, 0) is 39.0 Å². The van der Waals surface area contributed by atoms with Crippen LogP contribution < -0.4 is 0 Å². The minimum Gasteiger partial charge on any atom is -0.480 e. The molecule has 1 N–H and O–H groups in total. The number of rotatable bonds is 1. The summed E-state index contributed by atoms with van der Waals surface area (Å²) >= 11 is 0. The first-order valence-electron chi connectivity index (χ1n) is 6.24. The van der Waals surface area contributed by atoms with Crippen molar-refractivity contribution in [3.8, 4) is 0 Å². The van der Waals surface area contributed by atoms with Crippen LogP contribution in [0, 0.1) is 5.41 Å². The van der Waals surface area contributed by atoms with E-state index < -0.39 is 23.7 Å². The number of ether oxygens (including phenoxy) is 1. The number of amides is 1. The molecule has 1 atom stereocenters. The number of nitrogens with zero attached hydrogens (tertiary/aromatic N) is 1. The highest BCUT2D eigenvalue weighted by molar-refractivity contribution is 5.80. The zero-order valence-corrected chi connectivity index (χ0v) is 11.8. The van der Waals surface area contributed by atoms with Gasteiger partial charge in [0.15, 0.2) is 0 Å². The molecular formula is C13H23NO4. The second kappa shape index (κ2) is 4.78. The largest absolute Gasteiger partial charge is 0.480 e. The van der Waals surface area contributed by atoms with E-state index in [4.69, 9.17) is 4.74 Å². The van der Waals surface area contributed by atoms with Crippen molar-refractivity contribution in [2.45, 2.75) is 59.1 Å². The van der Waals surface area contributed by atoms with Crippen molar-refractivity contribution < 1.29 is 19.4 Å². The Labute approximate surface area is 108 Å². The third-order valence-electron chi connectivity index (χ3n) is 2.98. The third kappa shape index (κ3) is 3.89. The molecule has 0 aromatic heterocycles. The number of carboxylic acid groups (broad SMARTS) is 1. The highest BCUT2D eigenvalue weighted by atomic mass is 16.6. The van der Waals surface area contributed by atoms with Gasteiger partial charge in [-0.25, -0.2) is 9.59 Å². The van der Waals surface area contributed by atoms with Crippen molar-refractivity contribution in [1.82, 2.24) is 4.90 Å². The minimum absolute atomic E-state index is 0.0666. The van der Waals surface area contributed by atoms with E-state index in [1.807, 2.05) is 13.8 Å². The molecule has 0 saturated carbocycles. The van der Waals surface area contributed by atoms with Crippen LogP contribution in [0.25, 0.3) is 0 Å². The molecule has 0 radical (unpaired) electrons. The van der Waals surface area contributed by atoms with Crippen LogP contribution in [0.4, 0.5) is 4.79 Å². The maximum absolute atomic E-state index is 12.1. The Balaban J connectivity index is 2.85. The second-order valence-electron chi connectivity index (χ2n) is 6.67. The van der Waals surface area contributed by atoms with E-state index >= 15 is 0 Å². The van der Waals surface area contributed by atoms with Gasteiger partial charge in [0.25, 0.3) is 0 Å². The van der Waals surface area contributed by atoms with Crippen LogP contribution in [-0.4, -0.2) is 40.3 Å². The smallest absolute Gasteiger partial charge is 0.411 e. The number of aliphatic carboxylic acids is 1. The summed E-state index contributed by atoms with van der Waals surface area (Å²) < 4.78 is 5.27. The molecule has 0 aromatic carbocycles. The van der Waals surface area contributed by atoms with Crippen molar-refractivity contribution >= 4 is 12.1 Å². The van der Waals surface area contributed by atoms with Gasteiger partial charge in [-0.2, -0.15) is 0 Å². The van der Waals surface area contributed by atoms with Crippen molar-refractivity contribution in [2.24, 2.45) is 5.41 Å². The van der Waals surface area contributed by atoms with Gasteiger partial charge >= 0.3 is 12.1 Å². The first kappa shape index (κ1) is 14.8. The van der Waals surface area contributed by atoms with Crippen molar-refractivity contribution in [3.63, 3.8) is 0 Å². The predicted molar refractivity (Wildman–Crippen MR) is 67.4 cm³/mol. The number of piperidine rings is 1. The first-order chi connectivity index (χ1) is 8.02. The molecule has 0 aliphatic carbocycles. The van der Waals surface area contributed by atoms with Gasteiger partial charge in [0.2, 0.25) is 0 Å². The molecular weight excluding hydrogens is 234 g/mol. The average molecular weight is 257 g/mol. The Bertz CT molecular complexity index is 343. The lowest BCUT2D eigenvalue weighted by Gasteiger charge is -2.42. The minimum atomic E-state index is -0.962. The molecule has 0 bridgehead atoms. The molecule has 18 heavy (non-hydrogen) atoms. The van der Waals surface area contributed by atoms with Gasteiger partial charge in [0, 0.05) is 6.54 Å². The fourth-order valence-electron chi connectivity index (χ4n) is 2.10. The molecule has 1 rings (SSSR count). The van der Waals surface area contributed by atoms with Crippen molar-refractivity contribution in [3.05, 3.63) is 0 Å². The molecule has 1 aliphatic heterocycles. The normalized spacial score (nSPS) is 23.6. The number of carbonyl (C=O) groups is 2. The van der Waals surface area contributed by atoms with E-state index in [-0.39, 0.29) is 5.41 Å². The molecule has 1 saturated heterocycles. The molecule has 1 amide bonds. The van der Waals surface area contributed by atoms with E-state index in [1.54, 1.807) is 20.8 Å². The van der Waals surface area contributed by atoms with Crippen LogP contribution in [0.15, 0.2) is 0 Å². The molecule has 5 nitrogen and oxygen atoms in total. The van der Waals surface area contributed by atoms with Crippen molar-refractivity contribution in [1.29, 1.82) is 0 Å². The summed E-state index contributed by atoms with van der Waals surface area (Å²) in [6.45, 7) is 9.80. The molecule has 104 valence electrons. The number of likely N-dealkylation sites (tertiary alicyclic amines) is 1. The summed E-state index contributed by atoms with van der Waals surface area (Å²) in [5.41, 5.74) is -0.676. The SMILES string of the molecule is CC1(C)CCC(C(=O)O)N(C(=O)OC(C)(C)C)C1. The first-order valence-corrected chi connectivity index (χ1v) is 6.24. The predicted octanol–water partition coefficient (Wildman–Crippen LogP) is 2.50. The quantitative estimate of drug-likeness (QED) is 0.783. The Morgan fingerprint density at radius 1 is 1.33 bits per heavy atom. The Kier molecular flexibility index (Phi) is 3.93. The maximum Gasteiger partial charge on any atom is 0.411 e. The van der Waals surface area contributed by atoms with E-state index in [2.05, 4.69) is 0 Å². The molecule has 0 aromatic rings. The van der Waals surface area contributed by atoms with E-state index in [9.17, 15) is 14.7 Å². The lowest BCUT2D eigenvalue weighted by atomic mass is 9.81. The molecule has 5 heteroatoms. The maximum atomic E-state index is 12.1. The summed E-state index contributed by atoms with van der Waals surface area (Å²) in [5.74, 6) is -0.962. The monoisotopic (exact) mass is 257 g/mol. The van der Waals surface area contributed by atoms with Crippen LogP contribution >= 0.6 is 0 Å². The van der Waals surface area contributed by atoms with E-state index in [1.165, 1.54) is 4.90 Å². The fraction of sp³-hybridized carbons (Fsp3) is 0.846. The highest BCUT2D eigenvalue weighted by Gasteiger charge is 2.40. The van der Waals surface area contributed by atoms with Gasteiger partial charge in [-0.1, -0.05) is 13.8 Å². The number of carbonyl (C=O) groups excluding carboxylic acids is 1. The number of hydrogen-bond donors (Lipinski definition) is 1. The molecule has 1 fully saturated rings. The summed E-state index contributed by atoms with van der Waals surface area (Å²) in [7, 11) is 0. The zero-order valence-electron chi connectivity index (χ0n) is 11.8. The molecule has 1 unspecified atom stereocenters. The van der Waals surface area contributed by atoms with Crippen LogP contribution in [0.2, 0.25) is 0 Å². The summed E-state index contributed by atoms with van der Waals surface area (Å²) in [6, 6.07) is -0.770. The average Bonchev–Trinajstić information content (AvgIpc) is 2.12. The lowest BCUT2D eigenvalue weighted by Crippen LogP contribution is -2.54. The number of carboxylic acids is 1. The van der Waals surface area contributed by atoms with Crippen molar-refractivity contribution in [2.75, 3.05) is 6.54 Å². The Hall–Kier alpha value is -1.26. The Morgan fingerprint density at radius 2 is 1.89 bits per heavy atom. The standard InChI is InChI=1S/C13H23NO4/c1-12(2,3)18-11(17)14-8-13(4,5)7-6-9(14)10(15)16/h9H,6-8H2,1-5H3,(H,15,16). The molecule has 1 aliphatic rings. The van der Waals surface area contributed by atoms with Gasteiger partial charge < -0.3 is 9.84 Å². The fourth-order valence-corrected chi connectivity index (χ4v) is 2.10. The second-order valence-corrected chi connectivity index (χ2v) is 6.67. The van der Waals surface area contributed by atoms with Gasteiger partial charge in [-0.3, -0.25) is 4.90 Å². The summed E-state index contributed by atoms with van der Waals surface area (Å²) in [4.78, 5) is 24.6. The third-order valence-corrected chi connectivity index (χ3v) is 2.98. The molecule has 0 spiro atoms. The van der Waals surface area contributed by atoms with Crippen LogP contribution in [0.5, 0.6) is 0 Å². The van der Waals surface area contributed by atoms with E-state index in [0.29, 0.717) is 13.0 Å². The highest BCUT2D eigenvalue weighted by Crippen LogP contribution is 2.32. The van der Waals surface area contributed by atoms with Gasteiger partial charge in [-0.15, -0.1) is 0 Å².